The monoisotopic (exact) mass is 534 g/mol. The van der Waals surface area contributed by atoms with Gasteiger partial charge in [0.1, 0.15) is 5.52 Å². The molecule has 0 aliphatic carbocycles. The molecule has 0 radical (unpaired) electrons. The topological polar surface area (TPSA) is 91.1 Å². The number of carbonyl (C=O) groups excluding carboxylic acids is 1. The maximum atomic E-state index is 13.0. The van der Waals surface area contributed by atoms with Crippen molar-refractivity contribution in [2.24, 2.45) is 0 Å². The van der Waals surface area contributed by atoms with E-state index in [1.165, 1.54) is 12.5 Å². The highest BCUT2D eigenvalue weighted by atomic mass is 32.3. The standard InChI is InChI=1S/C26H33F3N6OS/c1-2-9-34-10-5-18(6-11-34)23-16-32-25-24(33-23)21(15-31-25)17-7-12-35(13-8-17)26(36)20-4-3-19(14-22(20)30)37(27,28)29/h3-4,14-18H,2,5-13,30H2,1H3,(H,31,32). The van der Waals surface area contributed by atoms with Crippen LogP contribution in [-0.2, 0) is 0 Å². The molecule has 4 heterocycles. The molecule has 3 N–H and O–H groups in total. The Hall–Kier alpha value is -2.79. The number of nitrogens with one attached hydrogen (secondary N) is 1. The molecular formula is C26H33F3N6OS. The van der Waals surface area contributed by atoms with E-state index in [1.54, 1.807) is 4.90 Å². The molecule has 2 saturated heterocycles. The third-order valence-corrected chi connectivity index (χ3v) is 8.51. The number of likely N-dealkylation sites (tertiary alicyclic amines) is 2. The zero-order chi connectivity index (χ0) is 26.2. The summed E-state index contributed by atoms with van der Waals surface area (Å²) in [5, 5.41) is 0. The summed E-state index contributed by atoms with van der Waals surface area (Å²) >= 11 is -5.38. The zero-order valence-electron chi connectivity index (χ0n) is 20.9. The van der Waals surface area contributed by atoms with Gasteiger partial charge in [-0.15, -0.1) is 11.7 Å². The Labute approximate surface area is 216 Å². The Balaban J connectivity index is 1.26. The molecule has 0 atom stereocenters. The summed E-state index contributed by atoms with van der Waals surface area (Å²) in [5.74, 6) is 0.320. The van der Waals surface area contributed by atoms with Crippen molar-refractivity contribution in [2.45, 2.75) is 55.8 Å². The molecule has 0 saturated carbocycles. The van der Waals surface area contributed by atoms with E-state index in [1.807, 2.05) is 12.4 Å². The number of hydrogen-bond donors (Lipinski definition) is 2. The van der Waals surface area contributed by atoms with E-state index in [-0.39, 0.29) is 23.1 Å². The summed E-state index contributed by atoms with van der Waals surface area (Å²) < 4.78 is 39.1. The second-order valence-corrected chi connectivity index (χ2v) is 11.4. The van der Waals surface area contributed by atoms with Crippen molar-refractivity contribution in [1.29, 1.82) is 0 Å². The number of H-pyrrole nitrogens is 1. The third-order valence-electron chi connectivity index (χ3n) is 7.72. The number of nitrogens with zero attached hydrogens (tertiary/aromatic N) is 4. The van der Waals surface area contributed by atoms with E-state index in [0.29, 0.717) is 19.0 Å². The maximum Gasteiger partial charge on any atom is 0.255 e. The van der Waals surface area contributed by atoms with Crippen LogP contribution in [0.15, 0.2) is 35.5 Å². The van der Waals surface area contributed by atoms with Crippen molar-refractivity contribution in [3.63, 3.8) is 0 Å². The zero-order valence-corrected chi connectivity index (χ0v) is 21.7. The molecule has 3 aromatic rings. The number of anilines is 1. The second-order valence-electron chi connectivity index (χ2n) is 10.1. The number of aromatic nitrogens is 3. The number of amides is 1. The Morgan fingerprint density at radius 1 is 1.11 bits per heavy atom. The minimum atomic E-state index is -5.38. The molecule has 7 nitrogen and oxygen atoms in total. The van der Waals surface area contributed by atoms with Crippen LogP contribution in [0.2, 0.25) is 0 Å². The number of halogens is 3. The normalized spacial score (nSPS) is 19.0. The lowest BCUT2D eigenvalue weighted by Crippen LogP contribution is -2.38. The van der Waals surface area contributed by atoms with Crippen LogP contribution in [-0.4, -0.2) is 63.4 Å². The SMILES string of the molecule is CCCN1CCC(c2cnc3[nH]cc(C4CCN(C(=O)c5ccc(S(F)(F)F)cc5N)CC4)c3n2)CC1. The van der Waals surface area contributed by atoms with Crippen LogP contribution >= 0.6 is 11.2 Å². The predicted octanol–water partition coefficient (Wildman–Crippen LogP) is 5.97. The molecule has 1 amide bonds. The number of nitrogen functional groups attached to an aromatic ring is 1. The molecule has 2 aliphatic rings. The van der Waals surface area contributed by atoms with Crippen LogP contribution < -0.4 is 5.73 Å². The number of rotatable bonds is 6. The van der Waals surface area contributed by atoms with Crippen LogP contribution in [0.4, 0.5) is 17.3 Å². The average molecular weight is 535 g/mol. The third kappa shape index (κ3) is 5.43. The van der Waals surface area contributed by atoms with Crippen molar-refractivity contribution in [2.75, 3.05) is 38.5 Å². The Morgan fingerprint density at radius 3 is 2.46 bits per heavy atom. The maximum absolute atomic E-state index is 13.0. The molecule has 0 spiro atoms. The van der Waals surface area contributed by atoms with Crippen LogP contribution in [0.3, 0.4) is 0 Å². The number of aromatic amines is 1. The molecule has 0 bridgehead atoms. The minimum absolute atomic E-state index is 0.124. The average Bonchev–Trinajstić information content (AvgIpc) is 3.32. The predicted molar refractivity (Wildman–Crippen MR) is 141 cm³/mol. The lowest BCUT2D eigenvalue weighted by atomic mass is 9.90. The van der Waals surface area contributed by atoms with Crippen LogP contribution in [0.1, 0.15) is 72.5 Å². The van der Waals surface area contributed by atoms with Crippen molar-refractivity contribution in [3.05, 3.63) is 47.4 Å². The van der Waals surface area contributed by atoms with E-state index in [4.69, 9.17) is 10.7 Å². The van der Waals surface area contributed by atoms with Gasteiger partial charge in [-0.25, -0.2) is 9.97 Å². The smallest absolute Gasteiger partial charge is 0.255 e. The largest absolute Gasteiger partial charge is 0.398 e. The van der Waals surface area contributed by atoms with Gasteiger partial charge >= 0.3 is 0 Å². The van der Waals surface area contributed by atoms with Crippen molar-refractivity contribution in [1.82, 2.24) is 24.8 Å². The molecule has 1 aromatic carbocycles. The van der Waals surface area contributed by atoms with Crippen molar-refractivity contribution >= 4 is 33.9 Å². The van der Waals surface area contributed by atoms with Gasteiger partial charge in [0.15, 0.2) is 5.65 Å². The summed E-state index contributed by atoms with van der Waals surface area (Å²) in [5.41, 5.74) is 9.69. The van der Waals surface area contributed by atoms with E-state index in [2.05, 4.69) is 21.8 Å². The first-order valence-electron chi connectivity index (χ1n) is 12.9. The van der Waals surface area contributed by atoms with Crippen LogP contribution in [0, 0.1) is 0 Å². The Morgan fingerprint density at radius 2 is 1.81 bits per heavy atom. The van der Waals surface area contributed by atoms with Gasteiger partial charge in [0.05, 0.1) is 22.3 Å². The lowest BCUT2D eigenvalue weighted by molar-refractivity contribution is 0.0714. The number of carbonyl (C=O) groups is 1. The second kappa shape index (κ2) is 10.5. The minimum Gasteiger partial charge on any atom is -0.398 e. The lowest BCUT2D eigenvalue weighted by Gasteiger charge is -2.32. The quantitative estimate of drug-likeness (QED) is 0.381. The highest BCUT2D eigenvalue weighted by Gasteiger charge is 2.30. The van der Waals surface area contributed by atoms with E-state index >= 15 is 0 Å². The molecular weight excluding hydrogens is 501 g/mol. The number of benzene rings is 1. The first-order valence-corrected chi connectivity index (χ1v) is 14.2. The molecule has 5 rings (SSSR count). The number of hydrogen-bond acceptors (Lipinski definition) is 5. The van der Waals surface area contributed by atoms with E-state index < -0.39 is 16.1 Å². The summed E-state index contributed by atoms with van der Waals surface area (Å²) in [6, 6.07) is 3.01. The number of piperidine rings is 2. The highest BCUT2D eigenvalue weighted by molar-refractivity contribution is 8.20. The number of nitrogens with two attached hydrogens (primary N) is 1. The van der Waals surface area contributed by atoms with E-state index in [0.717, 1.165) is 79.9 Å². The first-order chi connectivity index (χ1) is 17.7. The fourth-order valence-electron chi connectivity index (χ4n) is 5.64. The van der Waals surface area contributed by atoms with E-state index in [9.17, 15) is 16.5 Å². The Bertz CT molecular complexity index is 1260. The van der Waals surface area contributed by atoms with Gasteiger partial charge in [-0.3, -0.25) is 4.79 Å². The van der Waals surface area contributed by atoms with Gasteiger partial charge in [-0.2, -0.15) is 0 Å². The molecule has 2 fully saturated rings. The molecule has 11 heteroatoms. The molecule has 2 aliphatic heterocycles. The van der Waals surface area contributed by atoms with Crippen molar-refractivity contribution < 1.29 is 16.5 Å². The van der Waals surface area contributed by atoms with Gasteiger partial charge in [-0.1, -0.05) is 6.92 Å². The summed E-state index contributed by atoms with van der Waals surface area (Å²) in [7, 11) is 0. The first kappa shape index (κ1) is 25.8. The molecule has 0 unspecified atom stereocenters. The highest BCUT2D eigenvalue weighted by Crippen LogP contribution is 2.61. The van der Waals surface area contributed by atoms with Gasteiger partial charge < -0.3 is 20.5 Å². The fourth-order valence-corrected chi connectivity index (χ4v) is 6.13. The summed E-state index contributed by atoms with van der Waals surface area (Å²) in [6.07, 6.45) is 8.72. The van der Waals surface area contributed by atoms with Crippen LogP contribution in [0.25, 0.3) is 11.2 Å². The van der Waals surface area contributed by atoms with Gasteiger partial charge in [0.25, 0.3) is 5.91 Å². The summed E-state index contributed by atoms with van der Waals surface area (Å²) in [6.45, 7) is 6.55. The molecule has 200 valence electrons. The Kier molecular flexibility index (Phi) is 7.35. The van der Waals surface area contributed by atoms with Gasteiger partial charge in [-0.05, 0) is 75.9 Å². The fraction of sp³-hybridized carbons (Fsp3) is 0.500. The molecule has 2 aromatic heterocycles. The number of fused-ring (bicyclic) bond motifs is 1. The van der Waals surface area contributed by atoms with Gasteiger partial charge in [0, 0.05) is 36.5 Å². The summed E-state index contributed by atoms with van der Waals surface area (Å²) in [4.78, 5) is 29.4. The van der Waals surface area contributed by atoms with Crippen LogP contribution in [0.5, 0.6) is 0 Å². The van der Waals surface area contributed by atoms with Gasteiger partial charge in [0.2, 0.25) is 11.2 Å². The molecule has 37 heavy (non-hydrogen) atoms. The van der Waals surface area contributed by atoms with Crippen molar-refractivity contribution in [3.8, 4) is 0 Å².